The monoisotopic (exact) mass is 329 g/mol. The summed E-state index contributed by atoms with van der Waals surface area (Å²) in [5.41, 5.74) is 0.402. The first-order valence-corrected chi connectivity index (χ1v) is 7.72. The minimum absolute atomic E-state index is 0.175. The van der Waals surface area contributed by atoms with E-state index in [1.807, 2.05) is 6.07 Å². The Bertz CT molecular complexity index is 830. The van der Waals surface area contributed by atoms with E-state index in [-0.39, 0.29) is 23.6 Å². The number of rotatable bonds is 5. The lowest BCUT2D eigenvalue weighted by Crippen LogP contribution is -2.31. The van der Waals surface area contributed by atoms with Crippen LogP contribution in [0.2, 0.25) is 0 Å². The van der Waals surface area contributed by atoms with Gasteiger partial charge in [-0.1, -0.05) is 18.2 Å². The largest absolute Gasteiger partial charge is 0.468 e. The third kappa shape index (κ3) is 3.03. The van der Waals surface area contributed by atoms with E-state index in [1.165, 1.54) is 11.7 Å². The van der Waals surface area contributed by atoms with Crippen LogP contribution in [-0.4, -0.2) is 41.3 Å². The standard InChI is InChI=1S/C17H19N3O4/c1-3-8-20-15(21)12-6-4-5-7-13(12)19-17(20)24-11-9-14(18-10-11)16(22)23-2/h3-7,11,14,18H,1,8-10H2,2H3/t11-,14+/m1/s1. The van der Waals surface area contributed by atoms with Gasteiger partial charge in [-0.2, -0.15) is 4.98 Å². The average molecular weight is 329 g/mol. The molecular weight excluding hydrogens is 310 g/mol. The van der Waals surface area contributed by atoms with Crippen molar-refractivity contribution in [3.63, 3.8) is 0 Å². The molecular formula is C17H19N3O4. The highest BCUT2D eigenvalue weighted by Gasteiger charge is 2.32. The lowest BCUT2D eigenvalue weighted by atomic mass is 10.2. The minimum atomic E-state index is -0.403. The minimum Gasteiger partial charge on any atom is -0.468 e. The maximum absolute atomic E-state index is 12.6. The van der Waals surface area contributed by atoms with Crippen LogP contribution < -0.4 is 15.6 Å². The second-order valence-corrected chi connectivity index (χ2v) is 5.58. The molecule has 1 saturated heterocycles. The highest BCUT2D eigenvalue weighted by Crippen LogP contribution is 2.18. The first kappa shape index (κ1) is 16.2. The number of nitrogens with one attached hydrogen (secondary N) is 1. The zero-order valence-corrected chi connectivity index (χ0v) is 13.4. The molecule has 0 spiro atoms. The van der Waals surface area contributed by atoms with Crippen molar-refractivity contribution in [3.8, 4) is 6.01 Å². The van der Waals surface area contributed by atoms with Gasteiger partial charge in [-0.25, -0.2) is 0 Å². The Labute approximate surface area is 138 Å². The Morgan fingerprint density at radius 1 is 1.50 bits per heavy atom. The van der Waals surface area contributed by atoms with Crippen molar-refractivity contribution in [2.24, 2.45) is 0 Å². The quantitative estimate of drug-likeness (QED) is 0.647. The summed E-state index contributed by atoms with van der Waals surface area (Å²) in [7, 11) is 1.35. The molecule has 0 unspecified atom stereocenters. The smallest absolute Gasteiger partial charge is 0.323 e. The number of aromatic nitrogens is 2. The van der Waals surface area contributed by atoms with Crippen LogP contribution in [0.4, 0.5) is 0 Å². The van der Waals surface area contributed by atoms with Gasteiger partial charge in [0.1, 0.15) is 12.1 Å². The summed E-state index contributed by atoms with van der Waals surface area (Å²) < 4.78 is 12.1. The van der Waals surface area contributed by atoms with E-state index in [0.29, 0.717) is 30.4 Å². The Morgan fingerprint density at radius 3 is 3.04 bits per heavy atom. The maximum Gasteiger partial charge on any atom is 0.323 e. The van der Waals surface area contributed by atoms with Crippen molar-refractivity contribution < 1.29 is 14.3 Å². The molecule has 0 radical (unpaired) electrons. The Kier molecular flexibility index (Phi) is 4.61. The van der Waals surface area contributed by atoms with Crippen LogP contribution in [0.1, 0.15) is 6.42 Å². The van der Waals surface area contributed by atoms with E-state index in [2.05, 4.69) is 16.9 Å². The van der Waals surface area contributed by atoms with Gasteiger partial charge in [-0.15, -0.1) is 6.58 Å². The summed E-state index contributed by atoms with van der Waals surface area (Å²) in [5.74, 6) is -0.323. The number of ether oxygens (including phenoxy) is 2. The van der Waals surface area contributed by atoms with Crippen molar-refractivity contribution in [1.82, 2.24) is 14.9 Å². The molecule has 0 amide bonds. The average Bonchev–Trinajstić information content (AvgIpc) is 3.06. The second-order valence-electron chi connectivity index (χ2n) is 5.58. The molecule has 0 aliphatic carbocycles. The number of para-hydroxylation sites is 1. The molecule has 2 atom stereocenters. The van der Waals surface area contributed by atoms with E-state index >= 15 is 0 Å². The number of carbonyl (C=O) groups excluding carboxylic acids is 1. The van der Waals surface area contributed by atoms with Crippen LogP contribution in [0.5, 0.6) is 6.01 Å². The molecule has 2 aromatic rings. The Balaban J connectivity index is 1.91. The Morgan fingerprint density at radius 2 is 2.29 bits per heavy atom. The third-order valence-electron chi connectivity index (χ3n) is 3.99. The summed E-state index contributed by atoms with van der Waals surface area (Å²) in [6.45, 7) is 4.46. The van der Waals surface area contributed by atoms with Crippen molar-refractivity contribution >= 4 is 16.9 Å². The molecule has 7 nitrogen and oxygen atoms in total. The van der Waals surface area contributed by atoms with E-state index in [9.17, 15) is 9.59 Å². The number of nitrogens with zero attached hydrogens (tertiary/aromatic N) is 2. The molecule has 24 heavy (non-hydrogen) atoms. The van der Waals surface area contributed by atoms with Crippen LogP contribution >= 0.6 is 0 Å². The molecule has 7 heteroatoms. The highest BCUT2D eigenvalue weighted by atomic mass is 16.5. The predicted octanol–water partition coefficient (Wildman–Crippen LogP) is 0.865. The van der Waals surface area contributed by atoms with Crippen LogP contribution in [-0.2, 0) is 16.1 Å². The number of methoxy groups -OCH3 is 1. The van der Waals surface area contributed by atoms with Crippen LogP contribution in [0.25, 0.3) is 10.9 Å². The van der Waals surface area contributed by atoms with Crippen molar-refractivity contribution in [2.75, 3.05) is 13.7 Å². The van der Waals surface area contributed by atoms with Crippen LogP contribution in [0.15, 0.2) is 41.7 Å². The van der Waals surface area contributed by atoms with E-state index in [0.717, 1.165) is 0 Å². The van der Waals surface area contributed by atoms with Gasteiger partial charge in [-0.05, 0) is 12.1 Å². The fraction of sp³-hybridized carbons (Fsp3) is 0.353. The number of carbonyl (C=O) groups is 1. The summed E-state index contributed by atoms with van der Waals surface area (Å²) in [6, 6.07) is 6.95. The van der Waals surface area contributed by atoms with Gasteiger partial charge in [0.2, 0.25) is 0 Å². The number of benzene rings is 1. The van der Waals surface area contributed by atoms with Crippen molar-refractivity contribution in [3.05, 3.63) is 47.3 Å². The number of hydrogen-bond acceptors (Lipinski definition) is 6. The van der Waals surface area contributed by atoms with E-state index in [1.54, 1.807) is 24.3 Å². The van der Waals surface area contributed by atoms with Gasteiger partial charge in [0.05, 0.1) is 18.0 Å². The van der Waals surface area contributed by atoms with Gasteiger partial charge >= 0.3 is 5.97 Å². The molecule has 1 N–H and O–H groups in total. The van der Waals surface area contributed by atoms with Gasteiger partial charge in [0.25, 0.3) is 11.6 Å². The molecule has 0 bridgehead atoms. The fourth-order valence-corrected chi connectivity index (χ4v) is 2.79. The lowest BCUT2D eigenvalue weighted by Gasteiger charge is -2.16. The van der Waals surface area contributed by atoms with Crippen LogP contribution in [0.3, 0.4) is 0 Å². The van der Waals surface area contributed by atoms with Crippen LogP contribution in [0, 0.1) is 0 Å². The number of hydrogen-bond donors (Lipinski definition) is 1. The molecule has 2 heterocycles. The SMILES string of the molecule is C=CCn1c(O[C@H]2CN[C@H](C(=O)OC)C2)nc2ccccc2c1=O. The van der Waals surface area contributed by atoms with E-state index in [4.69, 9.17) is 9.47 Å². The number of esters is 1. The van der Waals surface area contributed by atoms with Gasteiger partial charge in [-0.3, -0.25) is 14.2 Å². The highest BCUT2D eigenvalue weighted by molar-refractivity contribution is 5.77. The summed E-state index contributed by atoms with van der Waals surface area (Å²) >= 11 is 0. The molecule has 1 aliphatic rings. The zero-order valence-electron chi connectivity index (χ0n) is 13.4. The first-order valence-electron chi connectivity index (χ1n) is 7.72. The van der Waals surface area contributed by atoms with Gasteiger partial charge < -0.3 is 14.8 Å². The number of allylic oxidation sites excluding steroid dienone is 1. The summed E-state index contributed by atoms with van der Waals surface area (Å²) in [4.78, 5) is 28.7. The Hall–Kier alpha value is -2.67. The van der Waals surface area contributed by atoms with Gasteiger partial charge in [0.15, 0.2) is 0 Å². The predicted molar refractivity (Wildman–Crippen MR) is 89.0 cm³/mol. The number of fused-ring (bicyclic) bond motifs is 1. The molecule has 126 valence electrons. The fourth-order valence-electron chi connectivity index (χ4n) is 2.79. The molecule has 1 aromatic heterocycles. The van der Waals surface area contributed by atoms with Gasteiger partial charge in [0, 0.05) is 19.5 Å². The topological polar surface area (TPSA) is 82.4 Å². The summed E-state index contributed by atoms with van der Waals surface area (Å²) in [6.07, 6.45) is 1.82. The molecule has 3 rings (SSSR count). The molecule has 1 fully saturated rings. The molecule has 1 aliphatic heterocycles. The third-order valence-corrected chi connectivity index (χ3v) is 3.99. The lowest BCUT2D eigenvalue weighted by molar-refractivity contribution is -0.142. The summed E-state index contributed by atoms with van der Waals surface area (Å²) in [5, 5.41) is 3.58. The normalized spacial score (nSPS) is 20.0. The van der Waals surface area contributed by atoms with E-state index < -0.39 is 6.04 Å². The van der Waals surface area contributed by atoms with Crippen molar-refractivity contribution in [1.29, 1.82) is 0 Å². The zero-order chi connectivity index (χ0) is 17.1. The molecule has 0 saturated carbocycles. The first-order chi connectivity index (χ1) is 11.6. The molecule has 1 aromatic carbocycles. The second kappa shape index (κ2) is 6.84. The van der Waals surface area contributed by atoms with Crippen molar-refractivity contribution in [2.45, 2.75) is 25.1 Å². The maximum atomic E-state index is 12.6.